The number of carbonyl (C=O) groups is 1. The van der Waals surface area contributed by atoms with Crippen molar-refractivity contribution in [2.75, 3.05) is 0 Å². The van der Waals surface area contributed by atoms with E-state index in [1.807, 2.05) is 0 Å². The van der Waals surface area contributed by atoms with Crippen LogP contribution in [0, 0.1) is 20.2 Å². The lowest BCUT2D eigenvalue weighted by molar-refractivity contribution is -0.385. The Morgan fingerprint density at radius 1 is 0.667 bits per heavy atom. The predicted molar refractivity (Wildman–Crippen MR) is 96.1 cm³/mol. The summed E-state index contributed by atoms with van der Waals surface area (Å²) in [6.07, 6.45) is 1.87. The van der Waals surface area contributed by atoms with Crippen molar-refractivity contribution in [3.8, 4) is 0 Å². The summed E-state index contributed by atoms with van der Waals surface area (Å²) in [4.78, 5) is 31.7. The monoisotopic (exact) mass is 386 g/mol. The summed E-state index contributed by atoms with van der Waals surface area (Å²) in [6, 6.07) is 9.53. The number of allylic oxidation sites excluding steroid dienone is 2. The smallest absolute Gasteiger partial charge is 0.269 e. The van der Waals surface area contributed by atoms with Crippen molar-refractivity contribution in [3.05, 3.63) is 92.0 Å². The SMILES string of the molecule is O=C1C=C(c2ccc([N+](=O)[O-])cc2)S(=O)(=O)C(c2ccc([N+](=O)[O-])cc2)=C1. The lowest BCUT2D eigenvalue weighted by Crippen LogP contribution is -2.13. The molecule has 9 nitrogen and oxygen atoms in total. The molecule has 3 rings (SSSR count). The Bertz CT molecular complexity index is 1050. The quantitative estimate of drug-likeness (QED) is 0.581. The first-order valence-electron chi connectivity index (χ1n) is 7.42. The van der Waals surface area contributed by atoms with Crippen LogP contribution in [0.2, 0.25) is 0 Å². The van der Waals surface area contributed by atoms with Gasteiger partial charge in [-0.1, -0.05) is 0 Å². The number of sulfone groups is 1. The maximum Gasteiger partial charge on any atom is 0.269 e. The minimum atomic E-state index is -4.11. The lowest BCUT2D eigenvalue weighted by Gasteiger charge is -2.16. The highest BCUT2D eigenvalue weighted by molar-refractivity contribution is 8.09. The number of non-ortho nitro benzene ring substituents is 2. The van der Waals surface area contributed by atoms with Gasteiger partial charge in [-0.3, -0.25) is 25.0 Å². The maximum atomic E-state index is 12.9. The first kappa shape index (κ1) is 18.1. The second-order valence-corrected chi connectivity index (χ2v) is 7.42. The highest BCUT2D eigenvalue weighted by atomic mass is 32.2. The number of nitro benzene ring substituents is 2. The second-order valence-electron chi connectivity index (χ2n) is 5.53. The van der Waals surface area contributed by atoms with Gasteiger partial charge in [-0.15, -0.1) is 0 Å². The molecule has 0 spiro atoms. The summed E-state index contributed by atoms with van der Waals surface area (Å²) in [5.74, 6) is -0.577. The number of nitrogens with zero attached hydrogens (tertiary/aromatic N) is 2. The number of benzene rings is 2. The van der Waals surface area contributed by atoms with Gasteiger partial charge < -0.3 is 0 Å². The van der Waals surface area contributed by atoms with Gasteiger partial charge >= 0.3 is 0 Å². The van der Waals surface area contributed by atoms with E-state index in [2.05, 4.69) is 0 Å². The Kier molecular flexibility index (Phi) is 4.42. The molecule has 0 unspecified atom stereocenters. The topological polar surface area (TPSA) is 137 Å². The molecule has 1 aliphatic rings. The van der Waals surface area contributed by atoms with Gasteiger partial charge in [0.1, 0.15) is 0 Å². The molecule has 1 aliphatic heterocycles. The fourth-order valence-corrected chi connectivity index (χ4v) is 4.22. The van der Waals surface area contributed by atoms with Gasteiger partial charge in [0.05, 0.1) is 19.7 Å². The van der Waals surface area contributed by atoms with Crippen molar-refractivity contribution >= 4 is 36.8 Å². The van der Waals surface area contributed by atoms with E-state index in [4.69, 9.17) is 0 Å². The van der Waals surface area contributed by atoms with Crippen LogP contribution in [0.3, 0.4) is 0 Å². The van der Waals surface area contributed by atoms with E-state index in [-0.39, 0.29) is 32.3 Å². The Morgan fingerprint density at radius 3 is 1.30 bits per heavy atom. The Morgan fingerprint density at radius 2 is 1.00 bits per heavy atom. The molecule has 0 saturated heterocycles. The molecule has 0 aliphatic carbocycles. The number of rotatable bonds is 4. The summed E-state index contributed by atoms with van der Waals surface area (Å²) in [7, 11) is -4.11. The van der Waals surface area contributed by atoms with Crippen LogP contribution < -0.4 is 0 Å². The van der Waals surface area contributed by atoms with E-state index >= 15 is 0 Å². The van der Waals surface area contributed by atoms with Gasteiger partial charge in [-0.05, 0) is 35.4 Å². The molecule has 1 heterocycles. The number of hydrogen-bond acceptors (Lipinski definition) is 7. The van der Waals surface area contributed by atoms with Gasteiger partial charge in [0.2, 0.25) is 9.84 Å². The number of ketones is 1. The normalized spacial score (nSPS) is 15.6. The molecule has 0 bridgehead atoms. The van der Waals surface area contributed by atoms with Crippen LogP contribution in [0.5, 0.6) is 0 Å². The number of carbonyl (C=O) groups excluding carboxylic acids is 1. The van der Waals surface area contributed by atoms with Gasteiger partial charge in [-0.2, -0.15) is 0 Å². The summed E-state index contributed by atoms with van der Waals surface area (Å²) in [5.41, 5.74) is -0.182. The molecule has 10 heteroatoms. The minimum absolute atomic E-state index is 0.126. The van der Waals surface area contributed by atoms with Crippen LogP contribution in [0.25, 0.3) is 9.81 Å². The van der Waals surface area contributed by atoms with Crippen LogP contribution in [0.4, 0.5) is 11.4 Å². The highest BCUT2D eigenvalue weighted by Gasteiger charge is 2.31. The van der Waals surface area contributed by atoms with Crippen molar-refractivity contribution < 1.29 is 23.1 Å². The maximum absolute atomic E-state index is 12.9. The largest absolute Gasteiger partial charge is 0.290 e. The Balaban J connectivity index is 2.05. The second kappa shape index (κ2) is 6.57. The van der Waals surface area contributed by atoms with Crippen molar-refractivity contribution in [3.63, 3.8) is 0 Å². The lowest BCUT2D eigenvalue weighted by atomic mass is 10.1. The molecule has 27 heavy (non-hydrogen) atoms. The molecule has 0 fully saturated rings. The van der Waals surface area contributed by atoms with Crippen LogP contribution in [-0.2, 0) is 14.6 Å². The van der Waals surface area contributed by atoms with Crippen molar-refractivity contribution in [1.29, 1.82) is 0 Å². The molecule has 0 N–H and O–H groups in total. The van der Waals surface area contributed by atoms with E-state index in [1.165, 1.54) is 24.3 Å². The zero-order chi connectivity index (χ0) is 19.8. The van der Waals surface area contributed by atoms with E-state index in [9.17, 15) is 33.4 Å². The first-order valence-corrected chi connectivity index (χ1v) is 8.90. The van der Waals surface area contributed by atoms with E-state index < -0.39 is 25.5 Å². The van der Waals surface area contributed by atoms with E-state index in [0.717, 1.165) is 36.4 Å². The third-order valence-electron chi connectivity index (χ3n) is 3.85. The standard InChI is InChI=1S/C17H10N2O7S/c20-15-9-16(11-1-5-13(6-2-11)18(21)22)27(25,26)17(10-15)12-3-7-14(8-4-12)19(23)24/h1-10H. The molecule has 0 amide bonds. The predicted octanol–water partition coefficient (Wildman–Crippen LogP) is 2.88. The van der Waals surface area contributed by atoms with Crippen LogP contribution in [0.1, 0.15) is 11.1 Å². The molecular weight excluding hydrogens is 376 g/mol. The van der Waals surface area contributed by atoms with Crippen molar-refractivity contribution in [2.45, 2.75) is 0 Å². The van der Waals surface area contributed by atoms with E-state index in [0.29, 0.717) is 0 Å². The zero-order valence-electron chi connectivity index (χ0n) is 13.4. The molecule has 2 aromatic rings. The van der Waals surface area contributed by atoms with Gasteiger partial charge in [0, 0.05) is 36.4 Å². The van der Waals surface area contributed by atoms with Crippen LogP contribution in [-0.4, -0.2) is 24.0 Å². The summed E-state index contributed by atoms with van der Waals surface area (Å²) in [5, 5.41) is 21.5. The third-order valence-corrected chi connectivity index (χ3v) is 5.72. The van der Waals surface area contributed by atoms with Crippen molar-refractivity contribution in [1.82, 2.24) is 0 Å². The number of nitro groups is 2. The minimum Gasteiger partial charge on any atom is -0.290 e. The molecule has 136 valence electrons. The van der Waals surface area contributed by atoms with E-state index in [1.54, 1.807) is 0 Å². The summed E-state index contributed by atoms with van der Waals surface area (Å²) < 4.78 is 25.9. The highest BCUT2D eigenvalue weighted by Crippen LogP contribution is 2.36. The number of hydrogen-bond donors (Lipinski definition) is 0. The fraction of sp³-hybridized carbons (Fsp3) is 0. The first-order chi connectivity index (χ1) is 12.7. The van der Waals surface area contributed by atoms with Crippen LogP contribution >= 0.6 is 0 Å². The molecular formula is C17H10N2O7S. The average molecular weight is 386 g/mol. The van der Waals surface area contributed by atoms with Crippen molar-refractivity contribution in [2.24, 2.45) is 0 Å². The van der Waals surface area contributed by atoms with Gasteiger partial charge in [0.25, 0.3) is 11.4 Å². The summed E-state index contributed by atoms with van der Waals surface area (Å²) >= 11 is 0. The fourth-order valence-electron chi connectivity index (χ4n) is 2.55. The Hall–Kier alpha value is -3.66. The average Bonchev–Trinajstić information content (AvgIpc) is 2.63. The molecule has 2 aromatic carbocycles. The molecule has 0 saturated carbocycles. The van der Waals surface area contributed by atoms with Crippen LogP contribution in [0.15, 0.2) is 60.7 Å². The molecule has 0 radical (unpaired) electrons. The molecule has 0 aromatic heterocycles. The van der Waals surface area contributed by atoms with Gasteiger partial charge in [-0.25, -0.2) is 8.42 Å². The van der Waals surface area contributed by atoms with Gasteiger partial charge in [0.15, 0.2) is 5.78 Å². The third kappa shape index (κ3) is 3.37. The summed E-state index contributed by atoms with van der Waals surface area (Å²) in [6.45, 7) is 0. The molecule has 0 atom stereocenters. The zero-order valence-corrected chi connectivity index (χ0v) is 14.3. The Labute approximate surface area is 152 Å².